The highest BCUT2D eigenvalue weighted by atomic mass is 16.5. The maximum absolute atomic E-state index is 11.3. The largest absolute Gasteiger partial charge is 0.465 e. The summed E-state index contributed by atoms with van der Waals surface area (Å²) in [5.41, 5.74) is 1.81. The van der Waals surface area contributed by atoms with Gasteiger partial charge in [-0.15, -0.1) is 0 Å². The van der Waals surface area contributed by atoms with Crippen molar-refractivity contribution in [3.8, 4) is 0 Å². The molecule has 15 heavy (non-hydrogen) atoms. The average molecular weight is 205 g/mol. The zero-order valence-electron chi connectivity index (χ0n) is 8.90. The fourth-order valence-electron chi connectivity index (χ4n) is 1.71. The summed E-state index contributed by atoms with van der Waals surface area (Å²) in [6, 6.07) is 7.64. The number of likely N-dealkylation sites (tertiary alicyclic amines) is 1. The predicted octanol–water partition coefficient (Wildman–Crippen LogP) is 1.68. The maximum atomic E-state index is 11.3. The Balaban J connectivity index is 2.07. The summed E-state index contributed by atoms with van der Waals surface area (Å²) in [5, 5.41) is 0. The van der Waals surface area contributed by atoms with Gasteiger partial charge in [0.05, 0.1) is 12.7 Å². The SMILES string of the molecule is COC(=O)c1cccc(CN2CCC2)c1. The molecule has 1 aliphatic rings. The molecule has 0 atom stereocenters. The first-order valence-electron chi connectivity index (χ1n) is 5.19. The minimum Gasteiger partial charge on any atom is -0.465 e. The summed E-state index contributed by atoms with van der Waals surface area (Å²) in [6.45, 7) is 3.27. The molecule has 0 radical (unpaired) electrons. The first kappa shape index (κ1) is 10.2. The molecule has 0 spiro atoms. The van der Waals surface area contributed by atoms with Gasteiger partial charge in [-0.1, -0.05) is 12.1 Å². The van der Waals surface area contributed by atoms with Gasteiger partial charge in [-0.05, 0) is 37.2 Å². The second-order valence-corrected chi connectivity index (χ2v) is 3.82. The summed E-state index contributed by atoms with van der Waals surface area (Å²) in [7, 11) is 1.41. The van der Waals surface area contributed by atoms with Crippen LogP contribution in [0.15, 0.2) is 24.3 Å². The highest BCUT2D eigenvalue weighted by Gasteiger charge is 2.14. The number of ether oxygens (including phenoxy) is 1. The normalized spacial score (nSPS) is 15.8. The van der Waals surface area contributed by atoms with Crippen LogP contribution in [0, 0.1) is 0 Å². The van der Waals surface area contributed by atoms with Crippen LogP contribution in [-0.2, 0) is 11.3 Å². The highest BCUT2D eigenvalue weighted by Crippen LogP contribution is 2.13. The molecule has 0 unspecified atom stereocenters. The van der Waals surface area contributed by atoms with E-state index in [2.05, 4.69) is 9.64 Å². The highest BCUT2D eigenvalue weighted by molar-refractivity contribution is 5.89. The third-order valence-corrected chi connectivity index (χ3v) is 2.70. The van der Waals surface area contributed by atoms with E-state index in [0.29, 0.717) is 5.56 Å². The van der Waals surface area contributed by atoms with E-state index in [-0.39, 0.29) is 5.97 Å². The van der Waals surface area contributed by atoms with Gasteiger partial charge in [-0.2, -0.15) is 0 Å². The van der Waals surface area contributed by atoms with Crippen molar-refractivity contribution in [1.29, 1.82) is 0 Å². The number of hydrogen-bond acceptors (Lipinski definition) is 3. The molecule has 1 aromatic rings. The lowest BCUT2D eigenvalue weighted by atomic mass is 10.1. The standard InChI is InChI=1S/C12H15NO2/c1-15-12(14)11-5-2-4-10(8-11)9-13-6-3-7-13/h2,4-5,8H,3,6-7,9H2,1H3. The van der Waals surface area contributed by atoms with Crippen LogP contribution in [0.1, 0.15) is 22.3 Å². The lowest BCUT2D eigenvalue weighted by molar-refractivity contribution is 0.0600. The smallest absolute Gasteiger partial charge is 0.337 e. The predicted molar refractivity (Wildman–Crippen MR) is 57.7 cm³/mol. The Bertz CT molecular complexity index is 358. The molecule has 1 heterocycles. The van der Waals surface area contributed by atoms with Crippen molar-refractivity contribution in [2.24, 2.45) is 0 Å². The van der Waals surface area contributed by atoms with Crippen molar-refractivity contribution in [3.05, 3.63) is 35.4 Å². The molecule has 1 aliphatic heterocycles. The minimum atomic E-state index is -0.263. The Morgan fingerprint density at radius 3 is 2.87 bits per heavy atom. The van der Waals surface area contributed by atoms with Gasteiger partial charge >= 0.3 is 5.97 Å². The van der Waals surface area contributed by atoms with Crippen molar-refractivity contribution in [2.75, 3.05) is 20.2 Å². The Morgan fingerprint density at radius 1 is 1.47 bits per heavy atom. The Kier molecular flexibility index (Phi) is 3.02. The van der Waals surface area contributed by atoms with Gasteiger partial charge in [0.25, 0.3) is 0 Å². The Labute approximate surface area is 89.7 Å². The Morgan fingerprint density at radius 2 is 2.27 bits per heavy atom. The molecule has 1 saturated heterocycles. The number of rotatable bonds is 3. The van der Waals surface area contributed by atoms with Crippen LogP contribution >= 0.6 is 0 Å². The van der Waals surface area contributed by atoms with E-state index >= 15 is 0 Å². The topological polar surface area (TPSA) is 29.5 Å². The molecular weight excluding hydrogens is 190 g/mol. The monoisotopic (exact) mass is 205 g/mol. The van der Waals surface area contributed by atoms with Gasteiger partial charge in [-0.25, -0.2) is 4.79 Å². The molecule has 0 N–H and O–H groups in total. The van der Waals surface area contributed by atoms with Crippen LogP contribution in [0.3, 0.4) is 0 Å². The van der Waals surface area contributed by atoms with Gasteiger partial charge in [0.2, 0.25) is 0 Å². The van der Waals surface area contributed by atoms with Crippen molar-refractivity contribution in [1.82, 2.24) is 4.90 Å². The van der Waals surface area contributed by atoms with Crippen LogP contribution in [0.5, 0.6) is 0 Å². The summed E-state index contributed by atoms with van der Waals surface area (Å²) in [5.74, 6) is -0.263. The molecule has 80 valence electrons. The quantitative estimate of drug-likeness (QED) is 0.703. The average Bonchev–Trinajstić information content (AvgIpc) is 2.23. The first-order valence-corrected chi connectivity index (χ1v) is 5.19. The fraction of sp³-hybridized carbons (Fsp3) is 0.417. The van der Waals surface area contributed by atoms with Crippen molar-refractivity contribution >= 4 is 5.97 Å². The van der Waals surface area contributed by atoms with E-state index in [1.54, 1.807) is 6.07 Å². The molecule has 3 heteroatoms. The number of esters is 1. The van der Waals surface area contributed by atoms with Gasteiger partial charge < -0.3 is 4.74 Å². The first-order chi connectivity index (χ1) is 7.29. The minimum absolute atomic E-state index is 0.263. The second-order valence-electron chi connectivity index (χ2n) is 3.82. The van der Waals surface area contributed by atoms with Crippen LogP contribution in [-0.4, -0.2) is 31.1 Å². The van der Waals surface area contributed by atoms with Crippen molar-refractivity contribution in [2.45, 2.75) is 13.0 Å². The van der Waals surface area contributed by atoms with E-state index < -0.39 is 0 Å². The summed E-state index contributed by atoms with van der Waals surface area (Å²) in [6.07, 6.45) is 1.29. The van der Waals surface area contributed by atoms with E-state index in [1.165, 1.54) is 32.2 Å². The fourth-order valence-corrected chi connectivity index (χ4v) is 1.71. The zero-order chi connectivity index (χ0) is 10.7. The van der Waals surface area contributed by atoms with Crippen molar-refractivity contribution < 1.29 is 9.53 Å². The molecule has 1 aromatic carbocycles. The van der Waals surface area contributed by atoms with Gasteiger partial charge in [-0.3, -0.25) is 4.90 Å². The number of methoxy groups -OCH3 is 1. The molecule has 1 fully saturated rings. The van der Waals surface area contributed by atoms with Crippen LogP contribution in [0.25, 0.3) is 0 Å². The molecule has 0 saturated carbocycles. The number of hydrogen-bond donors (Lipinski definition) is 0. The van der Waals surface area contributed by atoms with Crippen LogP contribution in [0.4, 0.5) is 0 Å². The number of nitrogens with zero attached hydrogens (tertiary/aromatic N) is 1. The van der Waals surface area contributed by atoms with E-state index in [9.17, 15) is 4.79 Å². The second kappa shape index (κ2) is 4.45. The summed E-state index contributed by atoms with van der Waals surface area (Å²) >= 11 is 0. The zero-order valence-corrected chi connectivity index (χ0v) is 8.90. The summed E-state index contributed by atoms with van der Waals surface area (Å²) in [4.78, 5) is 13.7. The van der Waals surface area contributed by atoms with E-state index in [1.807, 2.05) is 18.2 Å². The molecule has 3 nitrogen and oxygen atoms in total. The molecule has 2 rings (SSSR count). The lowest BCUT2D eigenvalue weighted by Gasteiger charge is -2.30. The molecule has 0 aromatic heterocycles. The molecule has 0 amide bonds. The number of carbonyl (C=O) groups is 1. The maximum Gasteiger partial charge on any atom is 0.337 e. The van der Waals surface area contributed by atoms with Crippen LogP contribution < -0.4 is 0 Å². The Hall–Kier alpha value is -1.35. The van der Waals surface area contributed by atoms with E-state index in [4.69, 9.17) is 0 Å². The van der Waals surface area contributed by atoms with Gasteiger partial charge in [0, 0.05) is 6.54 Å². The number of carbonyl (C=O) groups excluding carboxylic acids is 1. The van der Waals surface area contributed by atoms with E-state index in [0.717, 1.165) is 6.54 Å². The molecule has 0 bridgehead atoms. The summed E-state index contributed by atoms with van der Waals surface area (Å²) < 4.78 is 4.68. The van der Waals surface area contributed by atoms with Crippen molar-refractivity contribution in [3.63, 3.8) is 0 Å². The number of benzene rings is 1. The van der Waals surface area contributed by atoms with Crippen LogP contribution in [0.2, 0.25) is 0 Å². The lowest BCUT2D eigenvalue weighted by Crippen LogP contribution is -2.36. The molecule has 0 aliphatic carbocycles. The third kappa shape index (κ3) is 2.36. The van der Waals surface area contributed by atoms with Gasteiger partial charge in [0.15, 0.2) is 0 Å². The third-order valence-electron chi connectivity index (χ3n) is 2.70. The van der Waals surface area contributed by atoms with Gasteiger partial charge in [0.1, 0.15) is 0 Å². The molecular formula is C12H15NO2.